The normalized spacial score (nSPS) is 23.5. The van der Waals surface area contributed by atoms with Gasteiger partial charge in [0.2, 0.25) is 0 Å². The molecule has 2 aliphatic rings. The van der Waals surface area contributed by atoms with E-state index in [0.29, 0.717) is 6.61 Å². The summed E-state index contributed by atoms with van der Waals surface area (Å²) in [7, 11) is -1.16. The molecule has 70 valence electrons. The van der Waals surface area contributed by atoms with Crippen LogP contribution < -0.4 is 0 Å². The average Bonchev–Trinajstić information content (AvgIpc) is 2.82. The molecular weight excluding hydrogens is 179 g/mol. The van der Waals surface area contributed by atoms with Gasteiger partial charge >= 0.3 is 8.60 Å². The van der Waals surface area contributed by atoms with Gasteiger partial charge in [-0.3, -0.25) is 0 Å². The van der Waals surface area contributed by atoms with Crippen LogP contribution in [0.1, 0.15) is 6.92 Å². The standard InChI is InChI=1S/C6H13N2O3P/c1-2-9-12(10-7-3-4-7)11-8-5-6-8/h2-6H2,1H3. The van der Waals surface area contributed by atoms with E-state index < -0.39 is 8.60 Å². The van der Waals surface area contributed by atoms with E-state index in [0.717, 1.165) is 26.2 Å². The van der Waals surface area contributed by atoms with Crippen LogP contribution in [0.15, 0.2) is 0 Å². The summed E-state index contributed by atoms with van der Waals surface area (Å²) in [5.41, 5.74) is 0. The Labute approximate surface area is 73.1 Å². The largest absolute Gasteiger partial charge is 0.369 e. The van der Waals surface area contributed by atoms with Crippen LogP contribution in [0, 0.1) is 0 Å². The Morgan fingerprint density at radius 2 is 1.58 bits per heavy atom. The molecule has 0 aromatic rings. The Balaban J connectivity index is 1.66. The lowest BCUT2D eigenvalue weighted by Gasteiger charge is -2.14. The van der Waals surface area contributed by atoms with Crippen LogP contribution in [-0.4, -0.2) is 42.9 Å². The quantitative estimate of drug-likeness (QED) is 0.458. The summed E-state index contributed by atoms with van der Waals surface area (Å²) >= 11 is 0. The van der Waals surface area contributed by atoms with Crippen molar-refractivity contribution in [1.29, 1.82) is 0 Å². The van der Waals surface area contributed by atoms with E-state index in [-0.39, 0.29) is 0 Å². The van der Waals surface area contributed by atoms with E-state index in [1.165, 1.54) is 0 Å². The van der Waals surface area contributed by atoms with E-state index in [1.54, 1.807) is 0 Å². The van der Waals surface area contributed by atoms with Gasteiger partial charge in [0.1, 0.15) is 0 Å². The molecule has 0 aliphatic carbocycles. The van der Waals surface area contributed by atoms with Crippen LogP contribution >= 0.6 is 8.60 Å². The van der Waals surface area contributed by atoms with E-state index in [1.807, 2.05) is 17.1 Å². The molecule has 2 aliphatic heterocycles. The van der Waals surface area contributed by atoms with Crippen molar-refractivity contribution >= 4 is 8.60 Å². The number of hydroxylamine groups is 4. The van der Waals surface area contributed by atoms with Gasteiger partial charge in [-0.15, -0.1) is 0 Å². The molecule has 0 unspecified atom stereocenters. The molecule has 5 nitrogen and oxygen atoms in total. The van der Waals surface area contributed by atoms with Crippen molar-refractivity contribution in [1.82, 2.24) is 10.1 Å². The van der Waals surface area contributed by atoms with Crippen molar-refractivity contribution in [2.24, 2.45) is 0 Å². The highest BCUT2D eigenvalue weighted by molar-refractivity contribution is 7.41. The molecule has 0 N–H and O–H groups in total. The minimum atomic E-state index is -1.16. The summed E-state index contributed by atoms with van der Waals surface area (Å²) in [6, 6.07) is 0. The van der Waals surface area contributed by atoms with Crippen LogP contribution in [0.5, 0.6) is 0 Å². The van der Waals surface area contributed by atoms with Crippen LogP contribution in [0.4, 0.5) is 0 Å². The molecule has 0 atom stereocenters. The maximum absolute atomic E-state index is 5.36. The fourth-order valence-electron chi connectivity index (χ4n) is 0.601. The molecular formula is C6H13N2O3P. The Hall–Kier alpha value is 0.230. The van der Waals surface area contributed by atoms with Crippen LogP contribution in [0.3, 0.4) is 0 Å². The molecule has 0 radical (unpaired) electrons. The third kappa shape index (κ3) is 2.94. The van der Waals surface area contributed by atoms with Gasteiger partial charge in [-0.05, 0) is 6.92 Å². The number of rotatable bonds is 6. The molecule has 2 saturated heterocycles. The van der Waals surface area contributed by atoms with Gasteiger partial charge < -0.3 is 4.52 Å². The van der Waals surface area contributed by atoms with Crippen LogP contribution in [0.25, 0.3) is 0 Å². The second kappa shape index (κ2) is 3.96. The third-order valence-corrected chi connectivity index (χ3v) is 2.61. The van der Waals surface area contributed by atoms with Gasteiger partial charge in [-0.1, -0.05) is 0 Å². The Bertz CT molecular complexity index is 138. The number of hydrogen-bond acceptors (Lipinski definition) is 5. The smallest absolute Gasteiger partial charge is 0.311 e. The first kappa shape index (κ1) is 8.81. The molecule has 0 spiro atoms. The van der Waals surface area contributed by atoms with Crippen molar-refractivity contribution in [2.45, 2.75) is 6.92 Å². The molecule has 2 heterocycles. The highest BCUT2D eigenvalue weighted by atomic mass is 31.2. The van der Waals surface area contributed by atoms with Crippen molar-refractivity contribution in [3.05, 3.63) is 0 Å². The lowest BCUT2D eigenvalue weighted by Crippen LogP contribution is -2.03. The molecule has 0 saturated carbocycles. The Kier molecular flexibility index (Phi) is 2.91. The molecule has 0 aromatic carbocycles. The lowest BCUT2D eigenvalue weighted by atomic mass is 10.9. The highest BCUT2D eigenvalue weighted by Gasteiger charge is 2.30. The molecule has 0 aromatic heterocycles. The van der Waals surface area contributed by atoms with Gasteiger partial charge in [-0.2, -0.15) is 10.1 Å². The first-order chi connectivity index (χ1) is 5.88. The van der Waals surface area contributed by atoms with Gasteiger partial charge in [0.15, 0.2) is 0 Å². The predicted molar refractivity (Wildman–Crippen MR) is 43.9 cm³/mol. The van der Waals surface area contributed by atoms with Crippen LogP contribution in [-0.2, 0) is 13.8 Å². The highest BCUT2D eigenvalue weighted by Crippen LogP contribution is 2.44. The summed E-state index contributed by atoms with van der Waals surface area (Å²) in [6.45, 7) is 6.55. The Morgan fingerprint density at radius 1 is 1.08 bits per heavy atom. The zero-order chi connectivity index (χ0) is 8.39. The summed E-state index contributed by atoms with van der Waals surface area (Å²) in [5.74, 6) is 0. The minimum absolute atomic E-state index is 0.632. The van der Waals surface area contributed by atoms with E-state index in [2.05, 4.69) is 0 Å². The molecule has 12 heavy (non-hydrogen) atoms. The zero-order valence-electron chi connectivity index (χ0n) is 7.10. The molecule has 2 rings (SSSR count). The monoisotopic (exact) mass is 192 g/mol. The van der Waals surface area contributed by atoms with Gasteiger partial charge in [0, 0.05) is 26.2 Å². The number of nitrogens with zero attached hydrogens (tertiary/aromatic N) is 2. The molecule has 6 heteroatoms. The topological polar surface area (TPSA) is 33.7 Å². The summed E-state index contributed by atoms with van der Waals surface area (Å²) in [4.78, 5) is 0. The lowest BCUT2D eigenvalue weighted by molar-refractivity contribution is -0.0256. The second-order valence-electron chi connectivity index (χ2n) is 2.66. The van der Waals surface area contributed by atoms with Crippen molar-refractivity contribution in [3.8, 4) is 0 Å². The average molecular weight is 192 g/mol. The number of hydrogen-bond donors (Lipinski definition) is 0. The first-order valence-electron chi connectivity index (χ1n) is 4.17. The van der Waals surface area contributed by atoms with Crippen molar-refractivity contribution in [2.75, 3.05) is 32.8 Å². The molecule has 0 bridgehead atoms. The van der Waals surface area contributed by atoms with Gasteiger partial charge in [0.05, 0.1) is 6.61 Å². The van der Waals surface area contributed by atoms with Crippen molar-refractivity contribution < 1.29 is 13.8 Å². The maximum Gasteiger partial charge on any atom is 0.369 e. The fourth-order valence-corrected chi connectivity index (χ4v) is 1.64. The maximum atomic E-state index is 5.36. The second-order valence-corrected chi connectivity index (χ2v) is 3.69. The zero-order valence-corrected chi connectivity index (χ0v) is 8.00. The van der Waals surface area contributed by atoms with Gasteiger partial charge in [-0.25, -0.2) is 9.25 Å². The van der Waals surface area contributed by atoms with E-state index in [4.69, 9.17) is 13.8 Å². The van der Waals surface area contributed by atoms with Gasteiger partial charge in [0.25, 0.3) is 0 Å². The Morgan fingerprint density at radius 3 is 1.92 bits per heavy atom. The minimum Gasteiger partial charge on any atom is -0.311 e. The summed E-state index contributed by atoms with van der Waals surface area (Å²) < 4.78 is 16.0. The SMILES string of the molecule is CCOP(ON1CC1)ON1CC1. The van der Waals surface area contributed by atoms with E-state index >= 15 is 0 Å². The summed E-state index contributed by atoms with van der Waals surface area (Å²) in [6.07, 6.45) is 0. The van der Waals surface area contributed by atoms with E-state index in [9.17, 15) is 0 Å². The fraction of sp³-hybridized carbons (Fsp3) is 1.00. The van der Waals surface area contributed by atoms with Crippen LogP contribution in [0.2, 0.25) is 0 Å². The molecule has 0 amide bonds. The first-order valence-corrected chi connectivity index (χ1v) is 5.27. The van der Waals surface area contributed by atoms with Crippen molar-refractivity contribution in [3.63, 3.8) is 0 Å². The summed E-state index contributed by atoms with van der Waals surface area (Å²) in [5, 5.41) is 3.68. The third-order valence-electron chi connectivity index (χ3n) is 1.41. The molecule has 2 fully saturated rings. The predicted octanol–water partition coefficient (Wildman–Crippen LogP) is 0.744.